The highest BCUT2D eigenvalue weighted by molar-refractivity contribution is 7.98. The Morgan fingerprint density at radius 1 is 1.21 bits per heavy atom. The third kappa shape index (κ3) is 5.84. The van der Waals surface area contributed by atoms with Crippen LogP contribution in [-0.4, -0.2) is 41.0 Å². The van der Waals surface area contributed by atoms with Crippen LogP contribution in [0.5, 0.6) is 0 Å². The maximum absolute atomic E-state index is 12.3. The second-order valence-electron chi connectivity index (χ2n) is 6.43. The van der Waals surface area contributed by atoms with Crippen LogP contribution in [0.15, 0.2) is 17.0 Å². The Labute approximate surface area is 156 Å². The number of rotatable bonds is 5. The molecule has 1 atom stereocenters. The Hall–Kier alpha value is -0.950. The van der Waals surface area contributed by atoms with Gasteiger partial charge in [-0.2, -0.15) is 0 Å². The zero-order valence-corrected chi connectivity index (χ0v) is 16.5. The first kappa shape index (κ1) is 21.1. The van der Waals surface area contributed by atoms with Crippen LogP contribution in [0, 0.1) is 0 Å². The predicted molar refractivity (Wildman–Crippen MR) is 97.0 cm³/mol. The number of ether oxygens (including phenoxy) is 1. The van der Waals surface area contributed by atoms with Crippen molar-refractivity contribution in [3.63, 3.8) is 0 Å². The Balaban J connectivity index is 2.84. The summed E-state index contributed by atoms with van der Waals surface area (Å²) < 4.78 is 5.13. The molecule has 0 unspecified atom stereocenters. The van der Waals surface area contributed by atoms with E-state index in [2.05, 4.69) is 5.32 Å². The number of hydrogen-bond acceptors (Lipinski definition) is 5. The Kier molecular flexibility index (Phi) is 6.99. The lowest BCUT2D eigenvalue weighted by Crippen LogP contribution is -2.49. The minimum absolute atomic E-state index is 0.187. The first-order chi connectivity index (χ1) is 10.9. The number of hydrogen-bond donors (Lipinski definition) is 2. The molecule has 134 valence electrons. The van der Waals surface area contributed by atoms with Gasteiger partial charge in [-0.25, -0.2) is 4.79 Å². The van der Waals surface area contributed by atoms with E-state index in [-0.39, 0.29) is 17.1 Å². The first-order valence-electron chi connectivity index (χ1n) is 7.14. The molecule has 0 aromatic heterocycles. The van der Waals surface area contributed by atoms with Crippen molar-refractivity contribution >= 4 is 46.8 Å². The lowest BCUT2D eigenvalue weighted by Gasteiger charge is -2.27. The summed E-state index contributed by atoms with van der Waals surface area (Å²) in [7, 11) is 0. The van der Waals surface area contributed by atoms with Gasteiger partial charge in [-0.3, -0.25) is 4.79 Å². The van der Waals surface area contributed by atoms with Crippen molar-refractivity contribution in [2.75, 3.05) is 12.8 Å². The summed E-state index contributed by atoms with van der Waals surface area (Å²) in [5, 5.41) is 13.3. The van der Waals surface area contributed by atoms with Crippen molar-refractivity contribution in [3.05, 3.63) is 27.7 Å². The molecule has 0 spiro atoms. The highest BCUT2D eigenvalue weighted by atomic mass is 35.5. The summed E-state index contributed by atoms with van der Waals surface area (Å²) >= 11 is 13.4. The molecule has 1 aromatic rings. The third-order valence-electron chi connectivity index (χ3n) is 2.92. The molecule has 1 amide bonds. The lowest BCUT2D eigenvalue weighted by atomic mass is 10.1. The van der Waals surface area contributed by atoms with E-state index in [0.29, 0.717) is 9.92 Å². The average molecular weight is 394 g/mol. The predicted octanol–water partition coefficient (Wildman–Crippen LogP) is 3.54. The van der Waals surface area contributed by atoms with Crippen molar-refractivity contribution < 1.29 is 19.4 Å². The van der Waals surface area contributed by atoms with Gasteiger partial charge in [-0.1, -0.05) is 23.2 Å². The van der Waals surface area contributed by atoms with E-state index in [0.717, 1.165) is 0 Å². The molecule has 5 nitrogen and oxygen atoms in total. The molecule has 0 saturated heterocycles. The van der Waals surface area contributed by atoms with Gasteiger partial charge in [0.15, 0.2) is 5.60 Å². The van der Waals surface area contributed by atoms with E-state index in [4.69, 9.17) is 27.9 Å². The smallest absolute Gasteiger partial charge is 0.340 e. The summed E-state index contributed by atoms with van der Waals surface area (Å²) in [4.78, 5) is 25.0. The number of esters is 1. The Morgan fingerprint density at radius 2 is 1.79 bits per heavy atom. The van der Waals surface area contributed by atoms with Gasteiger partial charge >= 0.3 is 5.97 Å². The molecule has 8 heteroatoms. The van der Waals surface area contributed by atoms with Gasteiger partial charge in [-0.15, -0.1) is 11.8 Å². The van der Waals surface area contributed by atoms with Crippen LogP contribution in [0.1, 0.15) is 38.1 Å². The number of benzene rings is 1. The number of halogens is 2. The normalized spacial score (nSPS) is 14.0. The topological polar surface area (TPSA) is 75.6 Å². The molecule has 2 N–H and O–H groups in total. The zero-order chi connectivity index (χ0) is 18.7. The van der Waals surface area contributed by atoms with Crippen LogP contribution < -0.4 is 5.32 Å². The van der Waals surface area contributed by atoms with Crippen LogP contribution in [0.2, 0.25) is 10.0 Å². The van der Waals surface area contributed by atoms with E-state index in [9.17, 15) is 14.7 Å². The van der Waals surface area contributed by atoms with E-state index in [1.165, 1.54) is 24.8 Å². The second-order valence-corrected chi connectivity index (χ2v) is 8.09. The van der Waals surface area contributed by atoms with E-state index >= 15 is 0 Å². The molecule has 0 aliphatic heterocycles. The largest absolute Gasteiger partial charge is 0.458 e. The Bertz CT molecular complexity index is 642. The minimum Gasteiger partial charge on any atom is -0.458 e. The lowest BCUT2D eigenvalue weighted by molar-refractivity contribution is -0.174. The summed E-state index contributed by atoms with van der Waals surface area (Å²) in [5.74, 6) is -1.34. The first-order valence-corrected chi connectivity index (χ1v) is 9.12. The number of aliphatic hydroxyl groups is 1. The minimum atomic E-state index is -1.86. The zero-order valence-electron chi connectivity index (χ0n) is 14.2. The van der Waals surface area contributed by atoms with E-state index in [1.807, 2.05) is 6.26 Å². The fourth-order valence-electron chi connectivity index (χ4n) is 1.67. The van der Waals surface area contributed by atoms with Crippen LogP contribution in [0.4, 0.5) is 0 Å². The molecule has 0 bridgehead atoms. The van der Waals surface area contributed by atoms with Crippen LogP contribution in [0.25, 0.3) is 0 Å². The van der Waals surface area contributed by atoms with Gasteiger partial charge in [-0.05, 0) is 46.1 Å². The van der Waals surface area contributed by atoms with Gasteiger partial charge in [0.05, 0.1) is 22.2 Å². The third-order valence-corrected chi connectivity index (χ3v) is 4.43. The summed E-state index contributed by atoms with van der Waals surface area (Å²) in [5.41, 5.74) is -2.38. The molecule has 0 saturated carbocycles. The van der Waals surface area contributed by atoms with E-state index in [1.54, 1.807) is 26.8 Å². The van der Waals surface area contributed by atoms with Crippen molar-refractivity contribution in [1.29, 1.82) is 0 Å². The summed E-state index contributed by atoms with van der Waals surface area (Å²) in [6, 6.07) is 3.04. The molecule has 0 aliphatic rings. The Morgan fingerprint density at radius 3 is 2.29 bits per heavy atom. The van der Waals surface area contributed by atoms with Gasteiger partial charge in [0.1, 0.15) is 5.60 Å². The molecule has 0 aliphatic carbocycles. The fraction of sp³-hybridized carbons (Fsp3) is 0.500. The van der Waals surface area contributed by atoms with Gasteiger partial charge in [0.2, 0.25) is 0 Å². The number of nitrogens with one attached hydrogen (secondary N) is 1. The van der Waals surface area contributed by atoms with Crippen molar-refractivity contribution in [2.45, 2.75) is 43.8 Å². The monoisotopic (exact) mass is 393 g/mol. The quantitative estimate of drug-likeness (QED) is 0.590. The number of amides is 1. The number of carbonyl (C=O) groups excluding carboxylic acids is 2. The number of carbonyl (C=O) groups is 2. The number of thioether (sulfide) groups is 1. The van der Waals surface area contributed by atoms with Crippen LogP contribution >= 0.6 is 35.0 Å². The second kappa shape index (κ2) is 7.95. The maximum atomic E-state index is 12.3. The molecule has 24 heavy (non-hydrogen) atoms. The maximum Gasteiger partial charge on any atom is 0.340 e. The standard InChI is InChI=1S/C16H21Cl2NO4S/c1-15(2,3)23-14(21)16(4,22)8-19-13(20)9-6-12(24-5)11(18)7-10(9)17/h6-7,22H,8H2,1-5H3,(H,19,20)/t16-/m0/s1. The van der Waals surface area contributed by atoms with Gasteiger partial charge in [0.25, 0.3) is 5.91 Å². The molecule has 1 rings (SSSR count). The van der Waals surface area contributed by atoms with Gasteiger partial charge in [0, 0.05) is 4.90 Å². The highest BCUT2D eigenvalue weighted by Crippen LogP contribution is 2.31. The average Bonchev–Trinajstić information content (AvgIpc) is 2.43. The van der Waals surface area contributed by atoms with Crippen molar-refractivity contribution in [3.8, 4) is 0 Å². The molecule has 0 heterocycles. The van der Waals surface area contributed by atoms with E-state index < -0.39 is 23.1 Å². The molecule has 1 aromatic carbocycles. The molecular weight excluding hydrogens is 373 g/mol. The fourth-order valence-corrected chi connectivity index (χ4v) is 2.86. The van der Waals surface area contributed by atoms with Crippen molar-refractivity contribution in [2.24, 2.45) is 0 Å². The summed E-state index contributed by atoms with van der Waals surface area (Å²) in [6.07, 6.45) is 1.82. The van der Waals surface area contributed by atoms with Crippen molar-refractivity contribution in [1.82, 2.24) is 5.32 Å². The van der Waals surface area contributed by atoms with Crippen LogP contribution in [-0.2, 0) is 9.53 Å². The highest BCUT2D eigenvalue weighted by Gasteiger charge is 2.35. The van der Waals surface area contributed by atoms with Crippen LogP contribution in [0.3, 0.4) is 0 Å². The molecule has 0 fully saturated rings. The SMILES string of the molecule is CSc1cc(C(=O)NC[C@](C)(O)C(=O)OC(C)(C)C)c(Cl)cc1Cl. The van der Waals surface area contributed by atoms with Gasteiger partial charge < -0.3 is 15.2 Å². The molecule has 0 radical (unpaired) electrons. The molecular formula is C16H21Cl2NO4S. The summed E-state index contributed by atoms with van der Waals surface area (Å²) in [6.45, 7) is 6.04.